The molecular weight excluding hydrogens is 350 g/mol. The van der Waals surface area contributed by atoms with E-state index in [0.717, 1.165) is 37.3 Å². The van der Waals surface area contributed by atoms with E-state index in [1.807, 2.05) is 14.1 Å². The molecule has 1 heterocycles. The lowest BCUT2D eigenvalue weighted by Crippen LogP contribution is -2.27. The molecule has 6 nitrogen and oxygen atoms in total. The van der Waals surface area contributed by atoms with E-state index in [-0.39, 0.29) is 5.91 Å². The minimum Gasteiger partial charge on any atom is -0.372 e. The van der Waals surface area contributed by atoms with Crippen LogP contribution in [0.4, 0.5) is 17.2 Å². The van der Waals surface area contributed by atoms with Crippen molar-refractivity contribution in [3.63, 3.8) is 0 Å². The van der Waals surface area contributed by atoms with Gasteiger partial charge in [-0.1, -0.05) is 0 Å². The number of carbonyl (C=O) groups is 1. The van der Waals surface area contributed by atoms with E-state index < -0.39 is 0 Å². The maximum Gasteiger partial charge on any atom is 0.251 e. The average Bonchev–Trinajstić information content (AvgIpc) is 2.68. The summed E-state index contributed by atoms with van der Waals surface area (Å²) in [5, 5.41) is 6.30. The number of pyridine rings is 1. The van der Waals surface area contributed by atoms with E-state index in [9.17, 15) is 4.79 Å². The normalized spacial score (nSPS) is 10.8. The van der Waals surface area contributed by atoms with Crippen LogP contribution < -0.4 is 15.5 Å². The number of benzene rings is 1. The molecule has 1 aromatic carbocycles. The Morgan fingerprint density at radius 3 is 2.50 bits per heavy atom. The SMILES string of the molecule is CCN(CC)c1ccc(Nc2cc(C(=O)NCCCN(C)C)ccn2)c(C)c1. The maximum atomic E-state index is 12.4. The van der Waals surface area contributed by atoms with Crippen LogP contribution in [0.1, 0.15) is 36.2 Å². The third kappa shape index (κ3) is 6.23. The summed E-state index contributed by atoms with van der Waals surface area (Å²) >= 11 is 0. The van der Waals surface area contributed by atoms with Gasteiger partial charge in [-0.3, -0.25) is 4.79 Å². The fraction of sp³-hybridized carbons (Fsp3) is 0.455. The second kappa shape index (κ2) is 10.7. The first-order valence-electron chi connectivity index (χ1n) is 9.96. The third-order valence-corrected chi connectivity index (χ3v) is 4.69. The Balaban J connectivity index is 2.03. The summed E-state index contributed by atoms with van der Waals surface area (Å²) in [4.78, 5) is 21.1. The highest BCUT2D eigenvalue weighted by molar-refractivity contribution is 5.94. The zero-order valence-electron chi connectivity index (χ0n) is 17.7. The van der Waals surface area contributed by atoms with Crippen molar-refractivity contribution in [2.24, 2.45) is 0 Å². The lowest BCUT2D eigenvalue weighted by atomic mass is 10.1. The molecule has 0 saturated heterocycles. The van der Waals surface area contributed by atoms with Crippen LogP contribution >= 0.6 is 0 Å². The monoisotopic (exact) mass is 383 g/mol. The smallest absolute Gasteiger partial charge is 0.251 e. The molecule has 0 radical (unpaired) electrons. The molecule has 28 heavy (non-hydrogen) atoms. The number of hydrogen-bond acceptors (Lipinski definition) is 5. The standard InChI is InChI=1S/C22H33N5O/c1-6-27(7-2)19-9-10-20(17(3)15-19)25-21-16-18(11-13-23-21)22(28)24-12-8-14-26(4)5/h9-11,13,15-16H,6-8,12,14H2,1-5H3,(H,23,25)(H,24,28). The van der Waals surface area contributed by atoms with Gasteiger partial charge in [0.05, 0.1) is 0 Å². The number of carbonyl (C=O) groups excluding carboxylic acids is 1. The highest BCUT2D eigenvalue weighted by Gasteiger charge is 2.09. The second-order valence-electron chi connectivity index (χ2n) is 7.14. The summed E-state index contributed by atoms with van der Waals surface area (Å²) in [6.07, 6.45) is 2.59. The number of rotatable bonds is 10. The van der Waals surface area contributed by atoms with Crippen LogP contribution in [0.3, 0.4) is 0 Å². The van der Waals surface area contributed by atoms with E-state index in [0.29, 0.717) is 17.9 Å². The van der Waals surface area contributed by atoms with Gasteiger partial charge in [-0.15, -0.1) is 0 Å². The first kappa shape index (κ1) is 21.7. The van der Waals surface area contributed by atoms with Crippen molar-refractivity contribution in [1.29, 1.82) is 0 Å². The van der Waals surface area contributed by atoms with E-state index >= 15 is 0 Å². The van der Waals surface area contributed by atoms with Crippen molar-refractivity contribution < 1.29 is 4.79 Å². The van der Waals surface area contributed by atoms with E-state index in [1.54, 1.807) is 18.3 Å². The molecule has 0 bridgehead atoms. The van der Waals surface area contributed by atoms with Gasteiger partial charge >= 0.3 is 0 Å². The van der Waals surface area contributed by atoms with Crippen LogP contribution in [0, 0.1) is 6.92 Å². The van der Waals surface area contributed by atoms with E-state index in [1.165, 1.54) is 5.69 Å². The predicted octanol–water partition coefficient (Wildman–Crippen LogP) is 3.66. The minimum absolute atomic E-state index is 0.0715. The number of anilines is 3. The molecule has 0 unspecified atom stereocenters. The van der Waals surface area contributed by atoms with E-state index in [4.69, 9.17) is 0 Å². The van der Waals surface area contributed by atoms with Crippen molar-refractivity contribution in [2.75, 3.05) is 50.5 Å². The number of aryl methyl sites for hydroxylation is 1. The predicted molar refractivity (Wildman–Crippen MR) is 118 cm³/mol. The van der Waals surface area contributed by atoms with Crippen LogP contribution in [-0.2, 0) is 0 Å². The molecule has 0 aliphatic heterocycles. The number of aromatic nitrogens is 1. The highest BCUT2D eigenvalue weighted by Crippen LogP contribution is 2.25. The topological polar surface area (TPSA) is 60.5 Å². The molecule has 0 saturated carbocycles. The molecule has 0 aliphatic carbocycles. The molecule has 6 heteroatoms. The Morgan fingerprint density at radius 2 is 1.86 bits per heavy atom. The van der Waals surface area contributed by atoms with Crippen LogP contribution in [0.5, 0.6) is 0 Å². The molecule has 152 valence electrons. The Labute approximate surface area is 169 Å². The Kier molecular flexibility index (Phi) is 8.26. The molecule has 2 aromatic rings. The molecule has 0 atom stereocenters. The number of nitrogens with one attached hydrogen (secondary N) is 2. The van der Waals surface area contributed by atoms with Crippen molar-refractivity contribution in [3.8, 4) is 0 Å². The van der Waals surface area contributed by atoms with Gasteiger partial charge < -0.3 is 20.4 Å². The van der Waals surface area contributed by atoms with Crippen LogP contribution in [0.15, 0.2) is 36.5 Å². The lowest BCUT2D eigenvalue weighted by molar-refractivity contribution is 0.0952. The van der Waals surface area contributed by atoms with Gasteiger partial charge in [0.15, 0.2) is 0 Å². The van der Waals surface area contributed by atoms with Crippen molar-refractivity contribution in [3.05, 3.63) is 47.7 Å². The summed E-state index contributed by atoms with van der Waals surface area (Å²) in [6.45, 7) is 9.97. The Bertz CT molecular complexity index is 771. The zero-order valence-corrected chi connectivity index (χ0v) is 17.7. The van der Waals surface area contributed by atoms with Crippen LogP contribution in [0.2, 0.25) is 0 Å². The number of nitrogens with zero attached hydrogens (tertiary/aromatic N) is 3. The van der Waals surface area contributed by atoms with Gasteiger partial charge in [-0.2, -0.15) is 0 Å². The van der Waals surface area contributed by atoms with E-state index in [2.05, 4.69) is 64.4 Å². The quantitative estimate of drug-likeness (QED) is 0.613. The van der Waals surface area contributed by atoms with Gasteiger partial charge in [0, 0.05) is 42.8 Å². The van der Waals surface area contributed by atoms with Gasteiger partial charge in [0.2, 0.25) is 0 Å². The highest BCUT2D eigenvalue weighted by atomic mass is 16.1. The summed E-state index contributed by atoms with van der Waals surface area (Å²) in [5.41, 5.74) is 3.96. The average molecular weight is 384 g/mol. The Hall–Kier alpha value is -2.60. The van der Waals surface area contributed by atoms with Crippen LogP contribution in [0.25, 0.3) is 0 Å². The summed E-state index contributed by atoms with van der Waals surface area (Å²) in [7, 11) is 4.05. The van der Waals surface area contributed by atoms with Gasteiger partial charge in [0.25, 0.3) is 5.91 Å². The number of amides is 1. The molecule has 0 fully saturated rings. The molecule has 2 rings (SSSR count). The first-order chi connectivity index (χ1) is 13.4. The number of hydrogen-bond donors (Lipinski definition) is 2. The lowest BCUT2D eigenvalue weighted by Gasteiger charge is -2.22. The van der Waals surface area contributed by atoms with Gasteiger partial charge in [-0.05, 0) is 83.7 Å². The molecule has 1 amide bonds. The minimum atomic E-state index is -0.0715. The van der Waals surface area contributed by atoms with Crippen molar-refractivity contribution in [2.45, 2.75) is 27.2 Å². The Morgan fingerprint density at radius 1 is 1.11 bits per heavy atom. The third-order valence-electron chi connectivity index (χ3n) is 4.69. The molecule has 0 spiro atoms. The molecule has 1 aromatic heterocycles. The van der Waals surface area contributed by atoms with Gasteiger partial charge in [-0.25, -0.2) is 4.98 Å². The molecular formula is C22H33N5O. The maximum absolute atomic E-state index is 12.4. The molecule has 2 N–H and O–H groups in total. The van der Waals surface area contributed by atoms with Crippen molar-refractivity contribution >= 4 is 23.1 Å². The zero-order chi connectivity index (χ0) is 20.5. The second-order valence-corrected chi connectivity index (χ2v) is 7.14. The van der Waals surface area contributed by atoms with Gasteiger partial charge in [0.1, 0.15) is 5.82 Å². The fourth-order valence-corrected chi connectivity index (χ4v) is 3.05. The first-order valence-corrected chi connectivity index (χ1v) is 9.96. The van der Waals surface area contributed by atoms with Crippen molar-refractivity contribution in [1.82, 2.24) is 15.2 Å². The largest absolute Gasteiger partial charge is 0.372 e. The summed E-state index contributed by atoms with van der Waals surface area (Å²) in [5.74, 6) is 0.595. The summed E-state index contributed by atoms with van der Waals surface area (Å²) in [6, 6.07) is 9.89. The summed E-state index contributed by atoms with van der Waals surface area (Å²) < 4.78 is 0. The fourth-order valence-electron chi connectivity index (χ4n) is 3.05. The van der Waals surface area contributed by atoms with Crippen LogP contribution in [-0.4, -0.2) is 56.1 Å². The molecule has 0 aliphatic rings.